The highest BCUT2D eigenvalue weighted by atomic mass is 16.2. The maximum Gasteiger partial charge on any atom is 0.262 e. The minimum absolute atomic E-state index is 0.0170. The lowest BCUT2D eigenvalue weighted by Gasteiger charge is -2.25. The highest BCUT2D eigenvalue weighted by Gasteiger charge is 2.28. The summed E-state index contributed by atoms with van der Waals surface area (Å²) in [7, 11) is 3.83. The fourth-order valence-electron chi connectivity index (χ4n) is 3.48. The zero-order valence-corrected chi connectivity index (χ0v) is 16.3. The Kier molecular flexibility index (Phi) is 4.88. The van der Waals surface area contributed by atoms with Crippen LogP contribution in [0.3, 0.4) is 0 Å². The molecule has 6 nitrogen and oxygen atoms in total. The first-order chi connectivity index (χ1) is 12.2. The van der Waals surface area contributed by atoms with E-state index < -0.39 is 0 Å². The van der Waals surface area contributed by atoms with Gasteiger partial charge in [-0.25, -0.2) is 4.98 Å². The average molecular weight is 356 g/mol. The van der Waals surface area contributed by atoms with Crippen LogP contribution in [0.15, 0.2) is 29.3 Å². The van der Waals surface area contributed by atoms with E-state index in [1.807, 2.05) is 37.3 Å². The van der Waals surface area contributed by atoms with Crippen molar-refractivity contribution in [3.8, 4) is 0 Å². The summed E-state index contributed by atoms with van der Waals surface area (Å²) >= 11 is 0. The van der Waals surface area contributed by atoms with Crippen LogP contribution >= 0.6 is 0 Å². The SMILES string of the molecule is CN(Cc1cnc2cc(C(C)(C)C)ccn2c1=O)C[C@H]1CCC(=O)N1C. The van der Waals surface area contributed by atoms with Crippen molar-refractivity contribution in [2.75, 3.05) is 20.6 Å². The lowest BCUT2D eigenvalue weighted by Crippen LogP contribution is -2.38. The standard InChI is InChI=1S/C20H28N4O2/c1-20(2,3)15-8-9-24-17(10-15)21-11-14(19(24)26)12-22(4)13-16-6-7-18(25)23(16)5/h8-11,16H,6-7,12-13H2,1-5H3/t16-/m1/s1. The van der Waals surface area contributed by atoms with Crippen LogP contribution in [0.25, 0.3) is 5.65 Å². The van der Waals surface area contributed by atoms with Gasteiger partial charge in [-0.2, -0.15) is 0 Å². The lowest BCUT2D eigenvalue weighted by atomic mass is 9.88. The van der Waals surface area contributed by atoms with E-state index in [2.05, 4.69) is 30.7 Å². The molecule has 0 N–H and O–H groups in total. The van der Waals surface area contributed by atoms with Crippen molar-refractivity contribution in [1.29, 1.82) is 0 Å². The molecular weight excluding hydrogens is 328 g/mol. The number of likely N-dealkylation sites (tertiary alicyclic amines) is 1. The van der Waals surface area contributed by atoms with Gasteiger partial charge in [0.2, 0.25) is 5.91 Å². The van der Waals surface area contributed by atoms with E-state index >= 15 is 0 Å². The molecule has 3 rings (SSSR count). The molecule has 1 saturated heterocycles. The summed E-state index contributed by atoms with van der Waals surface area (Å²) in [6.45, 7) is 7.71. The van der Waals surface area contributed by atoms with Crippen molar-refractivity contribution in [1.82, 2.24) is 19.2 Å². The van der Waals surface area contributed by atoms with Crippen LogP contribution in [0, 0.1) is 0 Å². The number of carbonyl (C=O) groups excluding carboxylic acids is 1. The molecule has 3 heterocycles. The van der Waals surface area contributed by atoms with E-state index in [0.717, 1.165) is 18.5 Å². The number of fused-ring (bicyclic) bond motifs is 1. The number of amides is 1. The van der Waals surface area contributed by atoms with Gasteiger partial charge < -0.3 is 4.90 Å². The van der Waals surface area contributed by atoms with Crippen molar-refractivity contribution < 1.29 is 4.79 Å². The summed E-state index contributed by atoms with van der Waals surface area (Å²) in [5, 5.41) is 0. The lowest BCUT2D eigenvalue weighted by molar-refractivity contribution is -0.127. The quantitative estimate of drug-likeness (QED) is 0.841. The summed E-state index contributed by atoms with van der Waals surface area (Å²) in [5.74, 6) is 0.200. The Bertz CT molecular complexity index is 881. The molecule has 0 bridgehead atoms. The normalized spacial score (nSPS) is 18.3. The van der Waals surface area contributed by atoms with Crippen molar-refractivity contribution in [2.45, 2.75) is 51.6 Å². The molecule has 26 heavy (non-hydrogen) atoms. The van der Waals surface area contributed by atoms with Gasteiger partial charge in [0.25, 0.3) is 5.56 Å². The monoisotopic (exact) mass is 356 g/mol. The van der Waals surface area contributed by atoms with Gasteiger partial charge in [-0.05, 0) is 36.6 Å². The molecule has 2 aromatic heterocycles. The number of pyridine rings is 1. The second-order valence-electron chi connectivity index (χ2n) is 8.38. The number of rotatable bonds is 4. The molecule has 0 radical (unpaired) electrons. The summed E-state index contributed by atoms with van der Waals surface area (Å²) in [4.78, 5) is 32.9. The van der Waals surface area contributed by atoms with E-state index in [0.29, 0.717) is 24.2 Å². The number of nitrogens with zero attached hydrogens (tertiary/aromatic N) is 4. The molecule has 1 aliphatic rings. The number of hydrogen-bond donors (Lipinski definition) is 0. The van der Waals surface area contributed by atoms with Gasteiger partial charge in [0.15, 0.2) is 0 Å². The molecule has 0 aromatic carbocycles. The summed E-state index contributed by atoms with van der Waals surface area (Å²) in [6.07, 6.45) is 5.00. The highest BCUT2D eigenvalue weighted by molar-refractivity contribution is 5.78. The van der Waals surface area contributed by atoms with Gasteiger partial charge in [0, 0.05) is 45.0 Å². The average Bonchev–Trinajstić information content (AvgIpc) is 2.88. The molecule has 1 amide bonds. The third kappa shape index (κ3) is 3.65. The molecule has 0 spiro atoms. The predicted octanol–water partition coefficient (Wildman–Crippen LogP) is 2.04. The number of carbonyl (C=O) groups is 1. The number of aromatic nitrogens is 2. The van der Waals surface area contributed by atoms with Gasteiger partial charge in [-0.1, -0.05) is 20.8 Å². The first-order valence-electron chi connectivity index (χ1n) is 9.12. The Morgan fingerprint density at radius 3 is 2.65 bits per heavy atom. The first-order valence-corrected chi connectivity index (χ1v) is 9.12. The fourth-order valence-corrected chi connectivity index (χ4v) is 3.48. The maximum atomic E-state index is 12.8. The van der Waals surface area contributed by atoms with Crippen molar-refractivity contribution in [3.05, 3.63) is 46.0 Å². The molecule has 1 aliphatic heterocycles. The van der Waals surface area contributed by atoms with Crippen LogP contribution in [0.1, 0.15) is 44.7 Å². The molecule has 6 heteroatoms. The number of hydrogen-bond acceptors (Lipinski definition) is 4. The minimum Gasteiger partial charge on any atom is -0.341 e. The maximum absolute atomic E-state index is 12.8. The predicted molar refractivity (Wildman–Crippen MR) is 102 cm³/mol. The van der Waals surface area contributed by atoms with Crippen LogP contribution in [-0.2, 0) is 16.8 Å². The molecule has 2 aromatic rings. The Labute approximate surface area is 154 Å². The van der Waals surface area contributed by atoms with Gasteiger partial charge >= 0.3 is 0 Å². The van der Waals surface area contributed by atoms with E-state index in [9.17, 15) is 9.59 Å². The molecule has 0 aliphatic carbocycles. The minimum atomic E-state index is -0.0295. The van der Waals surface area contributed by atoms with Crippen LogP contribution in [0.4, 0.5) is 0 Å². The molecule has 1 atom stereocenters. The highest BCUT2D eigenvalue weighted by Crippen LogP contribution is 2.22. The second-order valence-corrected chi connectivity index (χ2v) is 8.38. The van der Waals surface area contributed by atoms with Gasteiger partial charge in [-0.15, -0.1) is 0 Å². The van der Waals surface area contributed by atoms with E-state index in [-0.39, 0.29) is 22.9 Å². The molecule has 0 unspecified atom stereocenters. The Morgan fingerprint density at radius 1 is 1.31 bits per heavy atom. The van der Waals surface area contributed by atoms with Crippen molar-refractivity contribution >= 4 is 11.6 Å². The summed E-state index contributed by atoms with van der Waals surface area (Å²) in [5.41, 5.74) is 2.49. The van der Waals surface area contributed by atoms with Gasteiger partial charge in [-0.3, -0.25) is 18.9 Å². The summed E-state index contributed by atoms with van der Waals surface area (Å²) < 4.78 is 1.61. The Morgan fingerprint density at radius 2 is 2.04 bits per heavy atom. The fraction of sp³-hybridized carbons (Fsp3) is 0.550. The van der Waals surface area contributed by atoms with Crippen LogP contribution < -0.4 is 5.56 Å². The van der Waals surface area contributed by atoms with Gasteiger partial charge in [0.1, 0.15) is 5.65 Å². The molecule has 0 saturated carbocycles. The second kappa shape index (κ2) is 6.83. The topological polar surface area (TPSA) is 57.9 Å². The summed E-state index contributed by atoms with van der Waals surface area (Å²) in [6, 6.07) is 4.19. The van der Waals surface area contributed by atoms with E-state index in [4.69, 9.17) is 0 Å². The van der Waals surface area contributed by atoms with Crippen molar-refractivity contribution in [3.63, 3.8) is 0 Å². The zero-order valence-electron chi connectivity index (χ0n) is 16.3. The van der Waals surface area contributed by atoms with Crippen LogP contribution in [-0.4, -0.2) is 51.8 Å². The Balaban J connectivity index is 1.79. The van der Waals surface area contributed by atoms with Crippen molar-refractivity contribution in [2.24, 2.45) is 0 Å². The molecule has 1 fully saturated rings. The largest absolute Gasteiger partial charge is 0.341 e. The smallest absolute Gasteiger partial charge is 0.262 e. The third-order valence-corrected chi connectivity index (χ3v) is 5.24. The molecular formula is C20H28N4O2. The Hall–Kier alpha value is -2.21. The first kappa shape index (κ1) is 18.6. The third-order valence-electron chi connectivity index (χ3n) is 5.24. The van der Waals surface area contributed by atoms with Crippen LogP contribution in [0.2, 0.25) is 0 Å². The zero-order chi connectivity index (χ0) is 19.1. The van der Waals surface area contributed by atoms with E-state index in [1.165, 1.54) is 0 Å². The number of likely N-dealkylation sites (N-methyl/N-ethyl adjacent to an activating group) is 2. The molecule has 140 valence electrons. The van der Waals surface area contributed by atoms with Gasteiger partial charge in [0.05, 0.1) is 5.56 Å². The van der Waals surface area contributed by atoms with Crippen LogP contribution in [0.5, 0.6) is 0 Å². The van der Waals surface area contributed by atoms with E-state index in [1.54, 1.807) is 10.6 Å².